The predicted octanol–water partition coefficient (Wildman–Crippen LogP) is 6.68. The number of halogens is 2. The van der Waals surface area contributed by atoms with Crippen LogP contribution in [0.1, 0.15) is 30.5 Å². The van der Waals surface area contributed by atoms with Gasteiger partial charge in [-0.2, -0.15) is 0 Å². The fourth-order valence-corrected chi connectivity index (χ4v) is 5.36. The molecule has 0 spiro atoms. The topological polar surface area (TPSA) is 89.9 Å². The second kappa shape index (κ2) is 15.3. The zero-order valence-corrected chi connectivity index (χ0v) is 26.6. The summed E-state index contributed by atoms with van der Waals surface area (Å²) >= 11 is 6.01. The van der Waals surface area contributed by atoms with Crippen LogP contribution in [0.5, 0.6) is 11.5 Å². The van der Waals surface area contributed by atoms with Crippen LogP contribution in [0.4, 0.5) is 0 Å². The van der Waals surface area contributed by atoms with Gasteiger partial charge in [-0.1, -0.05) is 54.6 Å². The molecule has 0 radical (unpaired) electrons. The first-order valence-electron chi connectivity index (χ1n) is 13.2. The van der Waals surface area contributed by atoms with Crippen molar-refractivity contribution in [3.63, 3.8) is 0 Å². The molecule has 1 aromatic heterocycles. The van der Waals surface area contributed by atoms with E-state index in [4.69, 9.17) is 14.2 Å². The number of carbonyl (C=O) groups is 1. The molecule has 0 unspecified atom stereocenters. The molecule has 41 heavy (non-hydrogen) atoms. The molecule has 3 aromatic carbocycles. The van der Waals surface area contributed by atoms with Crippen LogP contribution in [0.2, 0.25) is 0 Å². The molecule has 0 aliphatic heterocycles. The summed E-state index contributed by atoms with van der Waals surface area (Å²) in [4.78, 5) is 16.5. The smallest absolute Gasteiger partial charge is 0.325 e. The number of pyridine rings is 1. The Bertz CT molecular complexity index is 1440. The molecule has 214 valence electrons. The summed E-state index contributed by atoms with van der Waals surface area (Å²) in [5.74, 6) is 0.770. The van der Waals surface area contributed by atoms with Crippen molar-refractivity contribution in [1.82, 2.24) is 10.3 Å². The zero-order valence-electron chi connectivity index (χ0n) is 22.8. The van der Waals surface area contributed by atoms with Gasteiger partial charge in [0.15, 0.2) is 0 Å². The molecule has 9 heteroatoms. The molecule has 2 N–H and O–H groups in total. The lowest BCUT2D eigenvalue weighted by Gasteiger charge is -2.20. The van der Waals surface area contributed by atoms with E-state index in [1.807, 2.05) is 54.6 Å². The number of rotatable bonds is 13. The van der Waals surface area contributed by atoms with Crippen molar-refractivity contribution in [2.75, 3.05) is 6.61 Å². The molecule has 0 amide bonds. The van der Waals surface area contributed by atoms with Crippen LogP contribution in [-0.2, 0) is 29.3 Å². The molecular weight excluding hydrogens is 699 g/mol. The van der Waals surface area contributed by atoms with Gasteiger partial charge in [0, 0.05) is 46.2 Å². The van der Waals surface area contributed by atoms with Crippen LogP contribution in [0, 0.1) is 3.57 Å². The Hall–Kier alpha value is -2.99. The van der Waals surface area contributed by atoms with Crippen molar-refractivity contribution in [1.29, 1.82) is 0 Å². The minimum Gasteiger partial charge on any atom is -0.488 e. The number of carbonyl (C=O) groups excluding carboxylic acids is 1. The highest BCUT2D eigenvalue weighted by Gasteiger charge is 2.21. The van der Waals surface area contributed by atoms with E-state index in [1.54, 1.807) is 26.2 Å². The number of aliphatic hydroxyl groups excluding tert-OH is 1. The molecule has 1 atom stereocenters. The van der Waals surface area contributed by atoms with Gasteiger partial charge in [0.25, 0.3) is 0 Å². The van der Waals surface area contributed by atoms with Crippen LogP contribution in [0.3, 0.4) is 0 Å². The monoisotopic (exact) mass is 730 g/mol. The van der Waals surface area contributed by atoms with Crippen molar-refractivity contribution in [3.8, 4) is 22.6 Å². The molecular formula is C32H32BrIN2O5. The largest absolute Gasteiger partial charge is 0.488 e. The summed E-state index contributed by atoms with van der Waals surface area (Å²) in [6.07, 6.45) is 3.19. The van der Waals surface area contributed by atoms with Gasteiger partial charge >= 0.3 is 5.97 Å². The fourth-order valence-electron chi connectivity index (χ4n) is 4.06. The lowest BCUT2D eigenvalue weighted by Crippen LogP contribution is -2.41. The summed E-state index contributed by atoms with van der Waals surface area (Å²) < 4.78 is 19.7. The number of esters is 1. The minimum atomic E-state index is -0.855. The Labute approximate surface area is 262 Å². The average Bonchev–Trinajstić information content (AvgIpc) is 2.97. The van der Waals surface area contributed by atoms with E-state index in [-0.39, 0.29) is 19.3 Å². The van der Waals surface area contributed by atoms with Crippen LogP contribution < -0.4 is 14.8 Å². The average molecular weight is 731 g/mol. The van der Waals surface area contributed by atoms with Gasteiger partial charge < -0.3 is 19.3 Å². The Kier molecular flexibility index (Phi) is 11.6. The number of hydrogen-bond acceptors (Lipinski definition) is 7. The van der Waals surface area contributed by atoms with Crippen molar-refractivity contribution < 1.29 is 24.1 Å². The summed E-state index contributed by atoms with van der Waals surface area (Å²) in [6.45, 7) is 4.10. The molecule has 1 heterocycles. The van der Waals surface area contributed by atoms with Crippen LogP contribution >= 0.6 is 38.5 Å². The van der Waals surface area contributed by atoms with E-state index >= 15 is 0 Å². The molecule has 0 aliphatic carbocycles. The Morgan fingerprint density at radius 1 is 0.976 bits per heavy atom. The van der Waals surface area contributed by atoms with E-state index in [0.29, 0.717) is 24.7 Å². The van der Waals surface area contributed by atoms with Gasteiger partial charge in [0.2, 0.25) is 0 Å². The molecule has 0 aliphatic rings. The Morgan fingerprint density at radius 3 is 2.46 bits per heavy atom. The zero-order chi connectivity index (χ0) is 29.2. The van der Waals surface area contributed by atoms with Crippen LogP contribution in [0.15, 0.2) is 89.7 Å². The first-order valence-corrected chi connectivity index (χ1v) is 15.1. The first kappa shape index (κ1) is 31.0. The van der Waals surface area contributed by atoms with Crippen molar-refractivity contribution >= 4 is 44.5 Å². The quantitative estimate of drug-likeness (QED) is 0.117. The molecule has 4 rings (SSSR count). The second-order valence-electron chi connectivity index (χ2n) is 9.58. The highest BCUT2D eigenvalue weighted by Crippen LogP contribution is 2.34. The molecule has 0 fully saturated rings. The normalized spacial score (nSPS) is 11.8. The first-order chi connectivity index (χ1) is 19.9. The number of nitrogens with zero attached hydrogens (tertiary/aromatic N) is 1. The van der Waals surface area contributed by atoms with Gasteiger partial charge in [-0.15, -0.1) is 0 Å². The van der Waals surface area contributed by atoms with Gasteiger partial charge in [-0.3, -0.25) is 15.1 Å². The number of ether oxygens (including phenoxy) is 3. The van der Waals surface area contributed by atoms with Crippen molar-refractivity contribution in [3.05, 3.63) is 110 Å². The van der Waals surface area contributed by atoms with Gasteiger partial charge in [-0.05, 0) is 75.6 Å². The molecule has 0 bridgehead atoms. The summed E-state index contributed by atoms with van der Waals surface area (Å²) in [5.41, 5.74) is 4.96. The number of nitrogens with one attached hydrogen (secondary N) is 1. The SMILES string of the molecule is CC(C)OC(=O)[C@H](CO)NCc1cc(I)c(OCc2cccc(-c3ccccc3)c2Br)cc1OCc1cccnc1. The number of aliphatic hydroxyl groups is 1. The van der Waals surface area contributed by atoms with E-state index in [2.05, 4.69) is 67.0 Å². The standard InChI is InChI=1S/C32H32BrIN2O5/c1-21(2)41-32(38)28(18-37)36-17-25-14-27(34)30(15-29(25)39-19-22-8-7-13-35-16-22)40-20-24-11-6-12-26(31(24)33)23-9-4-3-5-10-23/h3-16,21,28,36-37H,17-20H2,1-2H3/t28-/m0/s1. The maximum Gasteiger partial charge on any atom is 0.325 e. The van der Waals surface area contributed by atoms with Gasteiger partial charge in [0.1, 0.15) is 30.8 Å². The summed E-state index contributed by atoms with van der Waals surface area (Å²) in [5, 5.41) is 12.9. The van der Waals surface area contributed by atoms with Crippen molar-refractivity contribution in [2.24, 2.45) is 0 Å². The van der Waals surface area contributed by atoms with E-state index < -0.39 is 12.0 Å². The summed E-state index contributed by atoms with van der Waals surface area (Å²) in [6, 6.07) is 23.1. The minimum absolute atomic E-state index is 0.275. The maximum absolute atomic E-state index is 12.4. The van der Waals surface area contributed by atoms with Crippen LogP contribution in [0.25, 0.3) is 11.1 Å². The molecule has 4 aromatic rings. The molecule has 7 nitrogen and oxygen atoms in total. The third-order valence-corrected chi connectivity index (χ3v) is 7.92. The van der Waals surface area contributed by atoms with E-state index in [9.17, 15) is 9.90 Å². The van der Waals surface area contributed by atoms with Crippen LogP contribution in [-0.4, -0.2) is 34.8 Å². The van der Waals surface area contributed by atoms with E-state index in [1.165, 1.54) is 0 Å². The second-order valence-corrected chi connectivity index (χ2v) is 11.5. The predicted molar refractivity (Wildman–Crippen MR) is 171 cm³/mol. The number of hydrogen-bond donors (Lipinski definition) is 2. The third kappa shape index (κ3) is 8.75. The molecule has 0 saturated heterocycles. The Balaban J connectivity index is 1.55. The van der Waals surface area contributed by atoms with Crippen molar-refractivity contribution in [2.45, 2.75) is 45.8 Å². The molecule has 0 saturated carbocycles. The Morgan fingerprint density at radius 2 is 1.76 bits per heavy atom. The summed E-state index contributed by atoms with van der Waals surface area (Å²) in [7, 11) is 0. The number of aromatic nitrogens is 1. The lowest BCUT2D eigenvalue weighted by atomic mass is 10.0. The third-order valence-electron chi connectivity index (χ3n) is 6.14. The lowest BCUT2D eigenvalue weighted by molar-refractivity contribution is -0.151. The van der Waals surface area contributed by atoms with Gasteiger partial charge in [-0.25, -0.2) is 0 Å². The van der Waals surface area contributed by atoms with Gasteiger partial charge in [0.05, 0.1) is 16.3 Å². The highest BCUT2D eigenvalue weighted by molar-refractivity contribution is 14.1. The fraction of sp³-hybridized carbons (Fsp3) is 0.250. The number of benzene rings is 3. The maximum atomic E-state index is 12.4. The van der Waals surface area contributed by atoms with E-state index in [0.717, 1.165) is 35.9 Å². The highest BCUT2D eigenvalue weighted by atomic mass is 127.